The highest BCUT2D eigenvalue weighted by molar-refractivity contribution is 6.16. The Morgan fingerprint density at radius 3 is 2.66 bits per heavy atom. The molecule has 29 heavy (non-hydrogen) atoms. The number of nitrogens with one attached hydrogen (secondary N) is 1. The molecule has 1 aromatic carbocycles. The van der Waals surface area contributed by atoms with Crippen LogP contribution in [0.4, 0.5) is 0 Å². The second kappa shape index (κ2) is 6.91. The Balaban J connectivity index is 1.69. The minimum Gasteiger partial charge on any atom is -0.465 e. The number of pyridine rings is 1. The van der Waals surface area contributed by atoms with E-state index in [1.165, 1.54) is 6.33 Å². The van der Waals surface area contributed by atoms with Crippen molar-refractivity contribution in [3.05, 3.63) is 90.3 Å². The van der Waals surface area contributed by atoms with Crippen molar-refractivity contribution >= 4 is 22.5 Å². The molecule has 4 heterocycles. The molecule has 5 rings (SSSR count). The number of rotatable bonds is 4. The standard InChI is InChI=1S/C23H18N4O2/c1-15-10-11-17(29-15)13-24-23(28)19-18-9-5-6-12-27(18)22-20(19)21(25-14-26-22)16-7-3-2-4-8-16/h2-12,14H,13H2,1H3,(H,24,28). The van der Waals surface area contributed by atoms with Crippen LogP contribution in [0.15, 0.2) is 77.6 Å². The molecule has 4 aromatic heterocycles. The summed E-state index contributed by atoms with van der Waals surface area (Å²) in [5, 5.41) is 3.71. The molecular weight excluding hydrogens is 364 g/mol. The summed E-state index contributed by atoms with van der Waals surface area (Å²) in [6.07, 6.45) is 3.45. The summed E-state index contributed by atoms with van der Waals surface area (Å²) in [5.41, 5.74) is 3.72. The maximum Gasteiger partial charge on any atom is 0.254 e. The monoisotopic (exact) mass is 382 g/mol. The fraction of sp³-hybridized carbons (Fsp3) is 0.0870. The van der Waals surface area contributed by atoms with Gasteiger partial charge in [-0.3, -0.25) is 4.79 Å². The summed E-state index contributed by atoms with van der Waals surface area (Å²) in [4.78, 5) is 22.3. The van der Waals surface area contributed by atoms with Crippen LogP contribution in [0.5, 0.6) is 0 Å². The molecule has 142 valence electrons. The third-order valence-electron chi connectivity index (χ3n) is 4.91. The van der Waals surface area contributed by atoms with Crippen LogP contribution >= 0.6 is 0 Å². The van der Waals surface area contributed by atoms with Crippen LogP contribution in [0.25, 0.3) is 27.8 Å². The summed E-state index contributed by atoms with van der Waals surface area (Å²) in [6.45, 7) is 2.19. The molecule has 0 bridgehead atoms. The minimum absolute atomic E-state index is 0.190. The fourth-order valence-electron chi connectivity index (χ4n) is 3.63. The van der Waals surface area contributed by atoms with E-state index in [2.05, 4.69) is 15.3 Å². The van der Waals surface area contributed by atoms with Gasteiger partial charge in [-0.05, 0) is 31.2 Å². The molecule has 1 amide bonds. The average molecular weight is 382 g/mol. The first-order chi connectivity index (χ1) is 14.2. The number of aryl methyl sites for hydroxylation is 1. The molecule has 6 nitrogen and oxygen atoms in total. The third kappa shape index (κ3) is 2.95. The Labute approximate surface area is 166 Å². The predicted octanol–water partition coefficient (Wildman–Crippen LogP) is 4.38. The van der Waals surface area contributed by atoms with Gasteiger partial charge < -0.3 is 14.1 Å². The molecular formula is C23H18N4O2. The maximum absolute atomic E-state index is 13.3. The molecule has 0 aliphatic heterocycles. The van der Waals surface area contributed by atoms with Gasteiger partial charge >= 0.3 is 0 Å². The Kier molecular flexibility index (Phi) is 4.09. The fourth-order valence-corrected chi connectivity index (χ4v) is 3.63. The van der Waals surface area contributed by atoms with Gasteiger partial charge in [-0.15, -0.1) is 0 Å². The molecule has 0 saturated heterocycles. The smallest absolute Gasteiger partial charge is 0.254 e. The van der Waals surface area contributed by atoms with E-state index in [0.717, 1.165) is 27.9 Å². The molecule has 0 spiro atoms. The van der Waals surface area contributed by atoms with Crippen molar-refractivity contribution in [2.45, 2.75) is 13.5 Å². The van der Waals surface area contributed by atoms with Crippen LogP contribution in [-0.4, -0.2) is 20.3 Å². The first-order valence-corrected chi connectivity index (χ1v) is 9.35. The van der Waals surface area contributed by atoms with Crippen LogP contribution < -0.4 is 5.32 Å². The minimum atomic E-state index is -0.190. The molecule has 6 heteroatoms. The zero-order valence-corrected chi connectivity index (χ0v) is 15.8. The first kappa shape index (κ1) is 17.2. The van der Waals surface area contributed by atoms with E-state index in [4.69, 9.17) is 4.42 Å². The van der Waals surface area contributed by atoms with Gasteiger partial charge in [0.25, 0.3) is 5.91 Å². The van der Waals surface area contributed by atoms with E-state index < -0.39 is 0 Å². The summed E-state index contributed by atoms with van der Waals surface area (Å²) >= 11 is 0. The zero-order chi connectivity index (χ0) is 19.8. The van der Waals surface area contributed by atoms with Gasteiger partial charge in [0, 0.05) is 11.8 Å². The van der Waals surface area contributed by atoms with Gasteiger partial charge in [0.15, 0.2) is 0 Å². The number of hydrogen-bond acceptors (Lipinski definition) is 4. The molecule has 0 atom stereocenters. The number of benzene rings is 1. The number of hydrogen-bond donors (Lipinski definition) is 1. The number of carbonyl (C=O) groups excluding carboxylic acids is 1. The number of amides is 1. The second-order valence-corrected chi connectivity index (χ2v) is 6.81. The number of furan rings is 1. The van der Waals surface area contributed by atoms with Crippen molar-refractivity contribution in [2.24, 2.45) is 0 Å². The summed E-state index contributed by atoms with van der Waals surface area (Å²) in [6, 6.07) is 19.3. The summed E-state index contributed by atoms with van der Waals surface area (Å²) in [5.74, 6) is 1.33. The molecule has 0 aliphatic rings. The Morgan fingerprint density at radius 1 is 1.03 bits per heavy atom. The van der Waals surface area contributed by atoms with Gasteiger partial charge in [-0.2, -0.15) is 0 Å². The van der Waals surface area contributed by atoms with E-state index in [1.54, 1.807) is 0 Å². The maximum atomic E-state index is 13.3. The van der Waals surface area contributed by atoms with Crippen LogP contribution in [0.3, 0.4) is 0 Å². The summed E-state index contributed by atoms with van der Waals surface area (Å²) in [7, 11) is 0. The molecule has 0 fully saturated rings. The molecule has 0 saturated carbocycles. The van der Waals surface area contributed by atoms with E-state index >= 15 is 0 Å². The van der Waals surface area contributed by atoms with Crippen molar-refractivity contribution in [1.82, 2.24) is 19.7 Å². The second-order valence-electron chi connectivity index (χ2n) is 6.81. The number of fused-ring (bicyclic) bond motifs is 3. The topological polar surface area (TPSA) is 72.4 Å². The van der Waals surface area contributed by atoms with Gasteiger partial charge in [-0.25, -0.2) is 9.97 Å². The van der Waals surface area contributed by atoms with E-state index in [1.807, 2.05) is 78.2 Å². The first-order valence-electron chi connectivity index (χ1n) is 9.35. The molecule has 0 radical (unpaired) electrons. The van der Waals surface area contributed by atoms with Gasteiger partial charge in [-0.1, -0.05) is 36.4 Å². The van der Waals surface area contributed by atoms with E-state index in [0.29, 0.717) is 23.5 Å². The highest BCUT2D eigenvalue weighted by Gasteiger charge is 2.23. The molecule has 0 aliphatic carbocycles. The van der Waals surface area contributed by atoms with Crippen molar-refractivity contribution in [3.63, 3.8) is 0 Å². The van der Waals surface area contributed by atoms with E-state index in [-0.39, 0.29) is 5.91 Å². The van der Waals surface area contributed by atoms with Crippen LogP contribution in [0.1, 0.15) is 21.9 Å². The van der Waals surface area contributed by atoms with Crippen molar-refractivity contribution < 1.29 is 9.21 Å². The number of nitrogens with zero attached hydrogens (tertiary/aromatic N) is 3. The lowest BCUT2D eigenvalue weighted by atomic mass is 10.0. The average Bonchev–Trinajstić information content (AvgIpc) is 3.33. The van der Waals surface area contributed by atoms with Crippen molar-refractivity contribution in [2.75, 3.05) is 0 Å². The molecule has 0 unspecified atom stereocenters. The van der Waals surface area contributed by atoms with Crippen molar-refractivity contribution in [1.29, 1.82) is 0 Å². The van der Waals surface area contributed by atoms with Gasteiger partial charge in [0.2, 0.25) is 0 Å². The zero-order valence-electron chi connectivity index (χ0n) is 15.8. The van der Waals surface area contributed by atoms with Crippen LogP contribution in [-0.2, 0) is 6.54 Å². The van der Waals surface area contributed by atoms with Crippen LogP contribution in [0.2, 0.25) is 0 Å². The lowest BCUT2D eigenvalue weighted by molar-refractivity contribution is 0.0951. The number of aromatic nitrogens is 3. The largest absolute Gasteiger partial charge is 0.465 e. The molecule has 5 aromatic rings. The third-order valence-corrected chi connectivity index (χ3v) is 4.91. The summed E-state index contributed by atoms with van der Waals surface area (Å²) < 4.78 is 7.50. The van der Waals surface area contributed by atoms with Gasteiger partial charge in [0.05, 0.1) is 28.7 Å². The molecule has 1 N–H and O–H groups in total. The Bertz CT molecular complexity index is 1340. The lowest BCUT2D eigenvalue weighted by Crippen LogP contribution is -2.22. The SMILES string of the molecule is Cc1ccc(CNC(=O)c2c3c(-c4ccccc4)ncnc3n3ccccc23)o1. The lowest BCUT2D eigenvalue weighted by Gasteiger charge is -2.06. The highest BCUT2D eigenvalue weighted by atomic mass is 16.3. The highest BCUT2D eigenvalue weighted by Crippen LogP contribution is 2.32. The quantitative estimate of drug-likeness (QED) is 0.501. The Hall–Kier alpha value is -3.93. The normalized spacial score (nSPS) is 11.2. The number of carbonyl (C=O) groups is 1. The van der Waals surface area contributed by atoms with Crippen LogP contribution in [0, 0.1) is 6.92 Å². The van der Waals surface area contributed by atoms with E-state index in [9.17, 15) is 4.79 Å². The predicted molar refractivity (Wildman–Crippen MR) is 111 cm³/mol. The Morgan fingerprint density at radius 2 is 1.86 bits per heavy atom. The van der Waals surface area contributed by atoms with Gasteiger partial charge in [0.1, 0.15) is 23.5 Å². The van der Waals surface area contributed by atoms with Crippen molar-refractivity contribution in [3.8, 4) is 11.3 Å².